The molecule has 212 valence electrons. The molecule has 3 aliphatic rings. The number of rotatable bonds is 4. The summed E-state index contributed by atoms with van der Waals surface area (Å²) in [6.07, 6.45) is -30.3. The van der Waals surface area contributed by atoms with Crippen molar-refractivity contribution >= 4 is 0 Å². The van der Waals surface area contributed by atoms with Crippen molar-refractivity contribution in [3.05, 3.63) is 0 Å². The monoisotopic (exact) mass is 535 g/mol. The van der Waals surface area contributed by atoms with Crippen LogP contribution in [-0.4, -0.2) is 186 Å². The van der Waals surface area contributed by atoms with Crippen molar-refractivity contribution in [3.63, 3.8) is 0 Å². The van der Waals surface area contributed by atoms with Gasteiger partial charge in [-0.25, -0.2) is 0 Å². The summed E-state index contributed by atoms with van der Waals surface area (Å²) in [5.41, 5.74) is -1.68. The fourth-order valence-electron chi connectivity index (χ4n) is 5.25. The molecule has 18 heteroatoms. The molecule has 2 unspecified atom stereocenters. The van der Waals surface area contributed by atoms with Gasteiger partial charge in [0.1, 0.15) is 73.2 Å². The lowest BCUT2D eigenvalue weighted by Gasteiger charge is -2.67. The Hall–Kier alpha value is -0.720. The van der Waals surface area contributed by atoms with E-state index in [1.807, 2.05) is 0 Å². The van der Waals surface area contributed by atoms with Gasteiger partial charge in [0, 0.05) is 0 Å². The zero-order valence-electron chi connectivity index (χ0n) is 18.4. The standard InChI is InChI=1S/C18H33NO17/c19-16(17(33)14(31)8(25)5(22)3(1-20)35-17)13(30)6(23)4(2-21)36-18(16,34)15(32)11(28)9(26)7(24)10(27)12(15)29/h3-14,20-34H,1-2,19H2/t3-,4-,5-,6-,7?,8+,9-,10+,11-,12-,13+,14+,15?,16-,17-,18-/m1/s1. The summed E-state index contributed by atoms with van der Waals surface area (Å²) in [7, 11) is 0. The fourth-order valence-corrected chi connectivity index (χ4v) is 5.25. The SMILES string of the molecule is N[C@@]1([C@]2(O)O[C@H](CO)[C@@H](O)[C@H](O)[C@@H]2O)[C@@H](O)[C@H](O)[C@@H](CO)O[C@]1(O)C1(O)[C@H](O)[C@H](O)C(O)[C@H](O)[C@H]1O. The second-order valence-electron chi connectivity index (χ2n) is 9.44. The number of aliphatic hydroxyl groups is 15. The first-order valence-corrected chi connectivity index (χ1v) is 10.8. The Bertz CT molecular complexity index is 790. The molecular weight excluding hydrogens is 502 g/mol. The van der Waals surface area contributed by atoms with E-state index >= 15 is 0 Å². The molecule has 3 fully saturated rings. The van der Waals surface area contributed by atoms with E-state index < -0.39 is 109 Å². The first-order valence-electron chi connectivity index (χ1n) is 10.8. The Balaban J connectivity index is 2.33. The van der Waals surface area contributed by atoms with Gasteiger partial charge in [-0.1, -0.05) is 0 Å². The Kier molecular flexibility index (Phi) is 7.86. The molecule has 1 aliphatic carbocycles. The number of aliphatic hydroxyl groups excluding tert-OH is 12. The molecule has 0 radical (unpaired) electrons. The molecule has 0 amide bonds. The maximum Gasteiger partial charge on any atom is 0.227 e. The normalized spacial score (nSPS) is 60.7. The van der Waals surface area contributed by atoms with Crippen molar-refractivity contribution in [1.29, 1.82) is 0 Å². The molecule has 2 heterocycles. The second kappa shape index (κ2) is 9.48. The zero-order valence-corrected chi connectivity index (χ0v) is 18.4. The zero-order chi connectivity index (χ0) is 27.8. The predicted octanol–water partition coefficient (Wildman–Crippen LogP) is -10.8. The highest BCUT2D eigenvalue weighted by Crippen LogP contribution is 2.54. The van der Waals surface area contributed by atoms with Crippen molar-refractivity contribution in [2.45, 2.75) is 96.0 Å². The molecule has 2 saturated heterocycles. The third-order valence-corrected chi connectivity index (χ3v) is 7.58. The minimum atomic E-state index is -4.16. The van der Waals surface area contributed by atoms with Gasteiger partial charge < -0.3 is 91.8 Å². The predicted molar refractivity (Wildman–Crippen MR) is 106 cm³/mol. The van der Waals surface area contributed by atoms with E-state index in [9.17, 15) is 76.6 Å². The van der Waals surface area contributed by atoms with Crippen LogP contribution in [0.3, 0.4) is 0 Å². The first-order chi connectivity index (χ1) is 16.4. The van der Waals surface area contributed by atoms with Crippen LogP contribution >= 0.6 is 0 Å². The van der Waals surface area contributed by atoms with Crippen LogP contribution < -0.4 is 5.73 Å². The summed E-state index contributed by atoms with van der Waals surface area (Å²) in [5, 5.41) is 157. The summed E-state index contributed by atoms with van der Waals surface area (Å²) >= 11 is 0. The summed E-state index contributed by atoms with van der Waals surface area (Å²) < 4.78 is 10.1. The molecule has 0 bridgehead atoms. The number of nitrogens with two attached hydrogens (primary N) is 1. The van der Waals surface area contributed by atoms with Gasteiger partial charge >= 0.3 is 0 Å². The molecule has 17 N–H and O–H groups in total. The summed E-state index contributed by atoms with van der Waals surface area (Å²) in [4.78, 5) is 0. The molecular formula is C18H33NO17. The van der Waals surface area contributed by atoms with E-state index in [0.29, 0.717) is 0 Å². The quantitative estimate of drug-likeness (QED) is 0.159. The van der Waals surface area contributed by atoms with E-state index in [2.05, 4.69) is 0 Å². The highest BCUT2D eigenvalue weighted by Gasteiger charge is 2.84. The molecule has 36 heavy (non-hydrogen) atoms. The maximum absolute atomic E-state index is 11.7. The van der Waals surface area contributed by atoms with Gasteiger partial charge in [-0.2, -0.15) is 0 Å². The maximum atomic E-state index is 11.7. The highest BCUT2D eigenvalue weighted by atomic mass is 16.7. The van der Waals surface area contributed by atoms with Crippen molar-refractivity contribution in [3.8, 4) is 0 Å². The Morgan fingerprint density at radius 1 is 0.528 bits per heavy atom. The van der Waals surface area contributed by atoms with Crippen molar-refractivity contribution < 1.29 is 86.1 Å². The second-order valence-corrected chi connectivity index (χ2v) is 9.44. The van der Waals surface area contributed by atoms with Gasteiger partial charge in [-0.15, -0.1) is 0 Å². The molecule has 3 rings (SSSR count). The van der Waals surface area contributed by atoms with Crippen LogP contribution in [0.25, 0.3) is 0 Å². The average molecular weight is 535 g/mol. The Labute approximate surface area is 201 Å². The van der Waals surface area contributed by atoms with Crippen LogP contribution in [0.5, 0.6) is 0 Å². The van der Waals surface area contributed by atoms with E-state index in [0.717, 1.165) is 0 Å². The lowest BCUT2D eigenvalue weighted by molar-refractivity contribution is -0.488. The molecule has 2 aliphatic heterocycles. The number of ether oxygens (including phenoxy) is 2. The lowest BCUT2D eigenvalue weighted by atomic mass is 9.58. The van der Waals surface area contributed by atoms with Crippen LogP contribution in [0.2, 0.25) is 0 Å². The Morgan fingerprint density at radius 3 is 1.39 bits per heavy atom. The fraction of sp³-hybridized carbons (Fsp3) is 1.00. The van der Waals surface area contributed by atoms with Gasteiger partial charge in [0.15, 0.2) is 11.1 Å². The first kappa shape index (κ1) is 29.8. The van der Waals surface area contributed by atoms with Gasteiger partial charge in [0.2, 0.25) is 11.6 Å². The molecule has 0 spiro atoms. The molecule has 0 aromatic rings. The summed E-state index contributed by atoms with van der Waals surface area (Å²) in [5.74, 6) is -8.01. The van der Waals surface area contributed by atoms with Crippen LogP contribution in [-0.2, 0) is 9.47 Å². The summed E-state index contributed by atoms with van der Waals surface area (Å²) in [6, 6.07) is 0. The number of hydrogen-bond acceptors (Lipinski definition) is 18. The van der Waals surface area contributed by atoms with Crippen LogP contribution in [0, 0.1) is 0 Å². The van der Waals surface area contributed by atoms with Crippen LogP contribution in [0.4, 0.5) is 0 Å². The molecule has 18 nitrogen and oxygen atoms in total. The minimum absolute atomic E-state index is 1.19. The summed E-state index contributed by atoms with van der Waals surface area (Å²) in [6.45, 7) is -2.46. The third-order valence-electron chi connectivity index (χ3n) is 7.58. The van der Waals surface area contributed by atoms with Crippen LogP contribution in [0.15, 0.2) is 0 Å². The molecule has 1 saturated carbocycles. The number of hydrogen-bond donors (Lipinski definition) is 16. The van der Waals surface area contributed by atoms with Crippen molar-refractivity contribution in [2.75, 3.05) is 13.2 Å². The van der Waals surface area contributed by atoms with Gasteiger partial charge in [-0.05, 0) is 0 Å². The van der Waals surface area contributed by atoms with Gasteiger partial charge in [0.25, 0.3) is 0 Å². The van der Waals surface area contributed by atoms with Gasteiger partial charge in [-0.3, -0.25) is 0 Å². The van der Waals surface area contributed by atoms with E-state index in [4.69, 9.17) is 15.2 Å². The molecule has 16 atom stereocenters. The Morgan fingerprint density at radius 2 is 0.944 bits per heavy atom. The smallest absolute Gasteiger partial charge is 0.227 e. The van der Waals surface area contributed by atoms with E-state index in [-0.39, 0.29) is 0 Å². The van der Waals surface area contributed by atoms with Gasteiger partial charge in [0.05, 0.1) is 13.2 Å². The minimum Gasteiger partial charge on any atom is -0.394 e. The van der Waals surface area contributed by atoms with Crippen molar-refractivity contribution in [1.82, 2.24) is 0 Å². The molecule has 0 aromatic carbocycles. The largest absolute Gasteiger partial charge is 0.394 e. The lowest BCUT2D eigenvalue weighted by Crippen LogP contribution is -2.96. The van der Waals surface area contributed by atoms with Crippen LogP contribution in [0.1, 0.15) is 0 Å². The molecule has 0 aromatic heterocycles. The van der Waals surface area contributed by atoms with E-state index in [1.54, 1.807) is 0 Å². The highest BCUT2D eigenvalue weighted by molar-refractivity contribution is 5.30. The topological polar surface area (TPSA) is 348 Å². The van der Waals surface area contributed by atoms with Crippen molar-refractivity contribution in [2.24, 2.45) is 5.73 Å². The van der Waals surface area contributed by atoms with E-state index in [1.165, 1.54) is 0 Å². The average Bonchev–Trinajstić information content (AvgIpc) is 2.86. The third kappa shape index (κ3) is 3.45.